The second-order valence-electron chi connectivity index (χ2n) is 4.07. The summed E-state index contributed by atoms with van der Waals surface area (Å²) in [6.07, 6.45) is 2.73. The highest BCUT2D eigenvalue weighted by molar-refractivity contribution is 9.10. The summed E-state index contributed by atoms with van der Waals surface area (Å²) < 4.78 is 5.50. The standard InChI is InChI=1S/C11H12BrNO4/c12-9-4-8(6-17-9)10(14)13-3-1-2-7(5-13)11(15)16/h4,6-7H,1-3,5H2,(H,15,16)/t7-/m0/s1. The number of furan rings is 1. The summed E-state index contributed by atoms with van der Waals surface area (Å²) in [5, 5.41) is 8.95. The van der Waals surface area contributed by atoms with E-state index >= 15 is 0 Å². The fourth-order valence-corrected chi connectivity index (χ4v) is 2.31. The van der Waals surface area contributed by atoms with Crippen molar-refractivity contribution in [1.29, 1.82) is 0 Å². The third kappa shape index (κ3) is 2.69. The quantitative estimate of drug-likeness (QED) is 0.907. The third-order valence-corrected chi connectivity index (χ3v) is 3.29. The second kappa shape index (κ2) is 4.91. The largest absolute Gasteiger partial charge is 0.481 e. The summed E-state index contributed by atoms with van der Waals surface area (Å²) in [6, 6.07) is 1.59. The first-order valence-electron chi connectivity index (χ1n) is 5.34. The lowest BCUT2D eigenvalue weighted by Crippen LogP contribution is -2.42. The Morgan fingerprint density at radius 2 is 2.29 bits per heavy atom. The molecule has 1 aromatic rings. The van der Waals surface area contributed by atoms with Gasteiger partial charge in [-0.1, -0.05) is 0 Å². The van der Waals surface area contributed by atoms with E-state index in [9.17, 15) is 9.59 Å². The first kappa shape index (κ1) is 12.2. The highest BCUT2D eigenvalue weighted by atomic mass is 79.9. The van der Waals surface area contributed by atoms with Gasteiger partial charge >= 0.3 is 5.97 Å². The predicted molar refractivity (Wildman–Crippen MR) is 62.7 cm³/mol. The van der Waals surface area contributed by atoms with Gasteiger partial charge in [-0.2, -0.15) is 0 Å². The minimum atomic E-state index is -0.837. The molecule has 5 nitrogen and oxygen atoms in total. The van der Waals surface area contributed by atoms with E-state index in [0.717, 1.165) is 6.42 Å². The minimum Gasteiger partial charge on any atom is -0.481 e. The van der Waals surface area contributed by atoms with Gasteiger partial charge in [-0.15, -0.1) is 0 Å². The van der Waals surface area contributed by atoms with E-state index in [0.29, 0.717) is 23.2 Å². The number of carbonyl (C=O) groups excluding carboxylic acids is 1. The van der Waals surface area contributed by atoms with Crippen LogP contribution in [0.2, 0.25) is 0 Å². The van der Waals surface area contributed by atoms with Crippen molar-refractivity contribution >= 4 is 27.8 Å². The molecule has 6 heteroatoms. The summed E-state index contributed by atoms with van der Waals surface area (Å²) in [4.78, 5) is 24.5. The molecule has 0 bridgehead atoms. The van der Waals surface area contributed by atoms with Gasteiger partial charge in [-0.3, -0.25) is 9.59 Å². The minimum absolute atomic E-state index is 0.176. The number of carbonyl (C=O) groups is 2. The monoisotopic (exact) mass is 301 g/mol. The van der Waals surface area contributed by atoms with E-state index in [1.165, 1.54) is 6.26 Å². The van der Waals surface area contributed by atoms with Crippen LogP contribution in [0.1, 0.15) is 23.2 Å². The van der Waals surface area contributed by atoms with Gasteiger partial charge in [0.1, 0.15) is 6.26 Å². The van der Waals surface area contributed by atoms with Crippen molar-refractivity contribution in [3.05, 3.63) is 22.6 Å². The molecule has 1 N–H and O–H groups in total. The van der Waals surface area contributed by atoms with Crippen molar-refractivity contribution in [2.75, 3.05) is 13.1 Å². The molecule has 92 valence electrons. The summed E-state index contributed by atoms with van der Waals surface area (Å²) >= 11 is 3.13. The molecule has 2 rings (SSSR count). The SMILES string of the molecule is O=C(O)[C@H]1CCCN(C(=O)c2coc(Br)c2)C1. The highest BCUT2D eigenvalue weighted by Gasteiger charge is 2.29. The number of nitrogens with zero attached hydrogens (tertiary/aromatic N) is 1. The van der Waals surface area contributed by atoms with E-state index in [4.69, 9.17) is 9.52 Å². The first-order chi connectivity index (χ1) is 8.08. The van der Waals surface area contributed by atoms with Gasteiger partial charge in [0.25, 0.3) is 5.91 Å². The normalized spacial score (nSPS) is 20.3. The van der Waals surface area contributed by atoms with Crippen LogP contribution < -0.4 is 0 Å². The molecule has 0 saturated carbocycles. The number of likely N-dealkylation sites (tertiary alicyclic amines) is 1. The molecule has 1 atom stereocenters. The van der Waals surface area contributed by atoms with Gasteiger partial charge in [0.2, 0.25) is 0 Å². The number of amides is 1. The highest BCUT2D eigenvalue weighted by Crippen LogP contribution is 2.21. The molecule has 0 unspecified atom stereocenters. The zero-order valence-corrected chi connectivity index (χ0v) is 10.6. The zero-order chi connectivity index (χ0) is 12.4. The lowest BCUT2D eigenvalue weighted by Gasteiger charge is -2.30. The van der Waals surface area contributed by atoms with E-state index < -0.39 is 11.9 Å². The van der Waals surface area contributed by atoms with E-state index in [1.807, 2.05) is 0 Å². The topological polar surface area (TPSA) is 70.8 Å². The Hall–Kier alpha value is -1.30. The van der Waals surface area contributed by atoms with Crippen molar-refractivity contribution in [2.24, 2.45) is 5.92 Å². The molecule has 1 aromatic heterocycles. The Morgan fingerprint density at radius 3 is 2.88 bits per heavy atom. The fourth-order valence-electron chi connectivity index (χ4n) is 1.97. The smallest absolute Gasteiger partial charge is 0.308 e. The van der Waals surface area contributed by atoms with Crippen LogP contribution in [0.25, 0.3) is 0 Å². The Balaban J connectivity index is 2.07. The van der Waals surface area contributed by atoms with Gasteiger partial charge in [0, 0.05) is 19.2 Å². The number of aliphatic carboxylic acids is 1. The van der Waals surface area contributed by atoms with Gasteiger partial charge in [0.15, 0.2) is 4.67 Å². The van der Waals surface area contributed by atoms with Crippen LogP contribution in [0.3, 0.4) is 0 Å². The molecule has 2 heterocycles. The molecule has 1 amide bonds. The Kier molecular flexibility index (Phi) is 3.51. The maximum absolute atomic E-state index is 12.0. The maximum atomic E-state index is 12.0. The van der Waals surface area contributed by atoms with Crippen molar-refractivity contribution in [2.45, 2.75) is 12.8 Å². The average molecular weight is 302 g/mol. The van der Waals surface area contributed by atoms with Crippen LogP contribution in [0.15, 0.2) is 21.4 Å². The van der Waals surface area contributed by atoms with Crippen molar-refractivity contribution in [1.82, 2.24) is 4.90 Å². The average Bonchev–Trinajstić information content (AvgIpc) is 2.75. The molecule has 0 spiro atoms. The van der Waals surface area contributed by atoms with Crippen LogP contribution in [0, 0.1) is 5.92 Å². The molecule has 1 saturated heterocycles. The summed E-state index contributed by atoms with van der Waals surface area (Å²) in [5.41, 5.74) is 0.447. The Morgan fingerprint density at radius 1 is 1.53 bits per heavy atom. The van der Waals surface area contributed by atoms with Crippen molar-refractivity contribution in [3.8, 4) is 0 Å². The van der Waals surface area contributed by atoms with Crippen LogP contribution in [0.5, 0.6) is 0 Å². The van der Waals surface area contributed by atoms with Crippen molar-refractivity contribution in [3.63, 3.8) is 0 Å². The summed E-state index contributed by atoms with van der Waals surface area (Å²) in [5.74, 6) is -1.47. The van der Waals surface area contributed by atoms with Gasteiger partial charge in [-0.25, -0.2) is 0 Å². The van der Waals surface area contributed by atoms with Crippen LogP contribution in [0.4, 0.5) is 0 Å². The molecule has 1 aliphatic rings. The number of carboxylic acid groups (broad SMARTS) is 1. The van der Waals surface area contributed by atoms with Gasteiger partial charge in [-0.05, 0) is 28.8 Å². The maximum Gasteiger partial charge on any atom is 0.308 e. The number of halogens is 1. The number of hydrogen-bond donors (Lipinski definition) is 1. The predicted octanol–water partition coefficient (Wildman–Crippen LogP) is 1.98. The number of rotatable bonds is 2. The molecule has 1 fully saturated rings. The first-order valence-corrected chi connectivity index (χ1v) is 6.13. The van der Waals surface area contributed by atoms with Crippen LogP contribution in [-0.4, -0.2) is 35.0 Å². The Bertz CT molecular complexity index is 442. The molecule has 17 heavy (non-hydrogen) atoms. The van der Waals surface area contributed by atoms with Crippen LogP contribution >= 0.6 is 15.9 Å². The molecule has 0 aromatic carbocycles. The summed E-state index contributed by atoms with van der Waals surface area (Å²) in [6.45, 7) is 0.877. The van der Waals surface area contributed by atoms with Crippen LogP contribution in [-0.2, 0) is 4.79 Å². The van der Waals surface area contributed by atoms with E-state index in [1.54, 1.807) is 11.0 Å². The van der Waals surface area contributed by atoms with E-state index in [-0.39, 0.29) is 12.5 Å². The molecule has 1 aliphatic heterocycles. The summed E-state index contributed by atoms with van der Waals surface area (Å²) in [7, 11) is 0. The fraction of sp³-hybridized carbons (Fsp3) is 0.455. The number of carboxylic acids is 1. The number of piperidine rings is 1. The lowest BCUT2D eigenvalue weighted by atomic mass is 9.98. The molecular weight excluding hydrogens is 290 g/mol. The van der Waals surface area contributed by atoms with Gasteiger partial charge < -0.3 is 14.4 Å². The molecule has 0 radical (unpaired) electrons. The number of hydrogen-bond acceptors (Lipinski definition) is 3. The lowest BCUT2D eigenvalue weighted by molar-refractivity contribution is -0.143. The second-order valence-corrected chi connectivity index (χ2v) is 4.85. The molecular formula is C11H12BrNO4. The third-order valence-electron chi connectivity index (χ3n) is 2.87. The zero-order valence-electron chi connectivity index (χ0n) is 9.06. The molecule has 0 aliphatic carbocycles. The van der Waals surface area contributed by atoms with Gasteiger partial charge in [0.05, 0.1) is 11.5 Å². The Labute approximate surface area is 107 Å². The van der Waals surface area contributed by atoms with E-state index in [2.05, 4.69) is 15.9 Å². The van der Waals surface area contributed by atoms with Crippen molar-refractivity contribution < 1.29 is 19.1 Å².